The monoisotopic (exact) mass is 440 g/mol. The van der Waals surface area contributed by atoms with E-state index in [1.165, 1.54) is 12.3 Å². The van der Waals surface area contributed by atoms with E-state index in [-0.39, 0.29) is 18.6 Å². The summed E-state index contributed by atoms with van der Waals surface area (Å²) in [6.07, 6.45) is 2.68. The van der Waals surface area contributed by atoms with Crippen LogP contribution in [0.2, 0.25) is 0 Å². The van der Waals surface area contributed by atoms with E-state index < -0.39 is 28.9 Å². The van der Waals surface area contributed by atoms with Gasteiger partial charge in [-0.25, -0.2) is 4.79 Å². The molecule has 3 N–H and O–H groups in total. The number of aromatic amines is 1. The third kappa shape index (κ3) is 4.20. The molecular weight excluding hydrogens is 412 g/mol. The van der Waals surface area contributed by atoms with E-state index in [1.807, 2.05) is 20.8 Å². The van der Waals surface area contributed by atoms with E-state index in [1.54, 1.807) is 6.07 Å². The Kier molecular flexibility index (Phi) is 5.47. The first kappa shape index (κ1) is 22.2. The smallest absolute Gasteiger partial charge is 0.408 e. The molecule has 0 radical (unpaired) electrons. The highest BCUT2D eigenvalue weighted by molar-refractivity contribution is 5.79. The summed E-state index contributed by atoms with van der Waals surface area (Å²) in [5, 5.41) is 23.7. The van der Waals surface area contributed by atoms with Crippen LogP contribution in [0.1, 0.15) is 57.6 Å². The third-order valence-corrected chi connectivity index (χ3v) is 6.44. The molecule has 9 heteroatoms. The number of carbonyl (C=O) groups excluding carboxylic acids is 1. The molecule has 2 aromatic rings. The molecule has 9 nitrogen and oxygen atoms in total. The molecule has 4 heterocycles. The van der Waals surface area contributed by atoms with E-state index >= 15 is 0 Å². The van der Waals surface area contributed by atoms with E-state index in [9.17, 15) is 20.0 Å². The minimum Gasteiger partial charge on any atom is -0.444 e. The number of carbonyl (C=O) groups is 1. The molecule has 2 bridgehead atoms. The molecule has 0 aromatic carbocycles. The molecule has 1 saturated carbocycles. The van der Waals surface area contributed by atoms with Gasteiger partial charge < -0.3 is 24.9 Å². The zero-order chi connectivity index (χ0) is 23.1. The van der Waals surface area contributed by atoms with Gasteiger partial charge in [0.25, 0.3) is 0 Å². The van der Waals surface area contributed by atoms with Crippen molar-refractivity contribution in [3.05, 3.63) is 39.8 Å². The lowest BCUT2D eigenvalue weighted by Crippen LogP contribution is -2.66. The lowest BCUT2D eigenvalue weighted by Gasteiger charge is -2.54. The quantitative estimate of drug-likeness (QED) is 0.663. The van der Waals surface area contributed by atoms with Crippen molar-refractivity contribution in [2.24, 2.45) is 0 Å². The number of aliphatic hydroxyl groups excluding tert-OH is 1. The average molecular weight is 441 g/mol. The second-order valence-corrected chi connectivity index (χ2v) is 9.83. The first-order valence-corrected chi connectivity index (χ1v) is 10.8. The molecule has 32 heavy (non-hydrogen) atoms. The molecule has 1 atom stereocenters. The maximum Gasteiger partial charge on any atom is 0.408 e. The van der Waals surface area contributed by atoms with Crippen LogP contribution < -0.4 is 10.9 Å². The molecule has 1 amide bonds. The summed E-state index contributed by atoms with van der Waals surface area (Å²) >= 11 is 0. The molecule has 170 valence electrons. The van der Waals surface area contributed by atoms with Crippen LogP contribution >= 0.6 is 0 Å². The van der Waals surface area contributed by atoms with Gasteiger partial charge in [-0.15, -0.1) is 0 Å². The lowest BCUT2D eigenvalue weighted by atomic mass is 9.68. The Bertz CT molecular complexity index is 1120. The number of amides is 1. The number of H-pyrrole nitrogens is 1. The van der Waals surface area contributed by atoms with Crippen molar-refractivity contribution in [1.29, 1.82) is 5.26 Å². The lowest BCUT2D eigenvalue weighted by molar-refractivity contribution is -0.206. The maximum absolute atomic E-state index is 12.3. The number of pyridine rings is 2. The summed E-state index contributed by atoms with van der Waals surface area (Å²) in [6, 6.07) is 5.08. The van der Waals surface area contributed by atoms with E-state index in [0.29, 0.717) is 47.8 Å². The topological polar surface area (TPSA) is 137 Å². The van der Waals surface area contributed by atoms with Gasteiger partial charge in [0, 0.05) is 18.7 Å². The van der Waals surface area contributed by atoms with Crippen LogP contribution in [0, 0.1) is 11.3 Å². The fourth-order valence-corrected chi connectivity index (χ4v) is 4.67. The van der Waals surface area contributed by atoms with E-state index in [4.69, 9.17) is 9.47 Å². The Morgan fingerprint density at radius 1 is 1.38 bits per heavy atom. The van der Waals surface area contributed by atoms with Gasteiger partial charge >= 0.3 is 6.09 Å². The molecule has 2 saturated heterocycles. The molecule has 1 unspecified atom stereocenters. The summed E-state index contributed by atoms with van der Waals surface area (Å²) in [5.41, 5.74) is -0.287. The summed E-state index contributed by atoms with van der Waals surface area (Å²) in [4.78, 5) is 31.1. The first-order valence-electron chi connectivity index (χ1n) is 10.8. The van der Waals surface area contributed by atoms with Crippen LogP contribution in [0.3, 0.4) is 0 Å². The molecule has 3 fully saturated rings. The Morgan fingerprint density at radius 3 is 2.69 bits per heavy atom. The standard InChI is InChI=1S/C23H28N4O5/c1-21(2,3)32-20(30)27-22-6-8-23(9-7-22,31-13-22)17(28)10-15-14(11-24)12-25-16-4-5-18(29)26-19(15)16/h4-5,12,17,28H,6-10,13H2,1-3H3,(H,26,29)(H,27,30). The van der Waals surface area contributed by atoms with Crippen LogP contribution in [0.4, 0.5) is 4.79 Å². The fourth-order valence-electron chi connectivity index (χ4n) is 4.67. The summed E-state index contributed by atoms with van der Waals surface area (Å²) in [5.74, 6) is 0. The van der Waals surface area contributed by atoms with Crippen LogP contribution in [0.15, 0.2) is 23.1 Å². The van der Waals surface area contributed by atoms with Gasteiger partial charge in [0.1, 0.15) is 11.7 Å². The van der Waals surface area contributed by atoms with Gasteiger partial charge in [-0.2, -0.15) is 5.26 Å². The Hall–Kier alpha value is -2.96. The number of ether oxygens (including phenoxy) is 2. The van der Waals surface area contributed by atoms with Gasteiger partial charge in [0.2, 0.25) is 5.56 Å². The summed E-state index contributed by atoms with van der Waals surface area (Å²) in [7, 11) is 0. The van der Waals surface area contributed by atoms with Crippen molar-refractivity contribution < 1.29 is 19.4 Å². The second-order valence-electron chi connectivity index (χ2n) is 9.83. The van der Waals surface area contributed by atoms with Crippen LogP contribution in [-0.4, -0.2) is 50.6 Å². The zero-order valence-corrected chi connectivity index (χ0v) is 18.5. The van der Waals surface area contributed by atoms with Gasteiger partial charge in [-0.1, -0.05) is 0 Å². The highest BCUT2D eigenvalue weighted by atomic mass is 16.6. The predicted molar refractivity (Wildman–Crippen MR) is 116 cm³/mol. The van der Waals surface area contributed by atoms with E-state index in [0.717, 1.165) is 0 Å². The minimum absolute atomic E-state index is 0.147. The van der Waals surface area contributed by atoms with Crippen molar-refractivity contribution in [1.82, 2.24) is 15.3 Å². The van der Waals surface area contributed by atoms with Gasteiger partial charge in [-0.3, -0.25) is 9.78 Å². The number of aliphatic hydroxyl groups is 1. The highest BCUT2D eigenvalue weighted by Gasteiger charge is 2.54. The maximum atomic E-state index is 12.3. The number of hydrogen-bond donors (Lipinski definition) is 3. The number of nitrogens with zero attached hydrogens (tertiary/aromatic N) is 2. The fraction of sp³-hybridized carbons (Fsp3) is 0.565. The van der Waals surface area contributed by atoms with Crippen LogP contribution in [0.25, 0.3) is 11.0 Å². The number of aromatic nitrogens is 2. The number of hydrogen-bond acceptors (Lipinski definition) is 7. The van der Waals surface area contributed by atoms with E-state index in [2.05, 4.69) is 21.4 Å². The Balaban J connectivity index is 1.52. The average Bonchev–Trinajstić information content (AvgIpc) is 2.73. The normalized spacial score (nSPS) is 25.8. The van der Waals surface area contributed by atoms with Gasteiger partial charge in [-0.05, 0) is 58.1 Å². The zero-order valence-electron chi connectivity index (χ0n) is 18.5. The SMILES string of the molecule is CC(C)(C)OC(=O)NC12CCC(C(O)Cc3c(C#N)cnc4ccc(=O)[nH]c34)(CC1)OC2. The van der Waals surface area contributed by atoms with Crippen molar-refractivity contribution >= 4 is 17.1 Å². The number of fused-ring (bicyclic) bond motifs is 4. The molecule has 2 aromatic heterocycles. The second kappa shape index (κ2) is 7.87. The molecule has 2 aliphatic heterocycles. The van der Waals surface area contributed by atoms with Crippen molar-refractivity contribution in [3.8, 4) is 6.07 Å². The van der Waals surface area contributed by atoms with Crippen molar-refractivity contribution in [2.75, 3.05) is 6.61 Å². The number of alkyl carbamates (subject to hydrolysis) is 1. The summed E-state index contributed by atoms with van der Waals surface area (Å²) in [6.45, 7) is 5.72. The third-order valence-electron chi connectivity index (χ3n) is 6.44. The van der Waals surface area contributed by atoms with Crippen LogP contribution in [-0.2, 0) is 15.9 Å². The Labute approximate surface area is 185 Å². The van der Waals surface area contributed by atoms with Crippen LogP contribution in [0.5, 0.6) is 0 Å². The molecule has 0 spiro atoms. The molecule has 3 aliphatic rings. The molecule has 1 aliphatic carbocycles. The van der Waals surface area contributed by atoms with Gasteiger partial charge in [0.05, 0.1) is 40.4 Å². The number of nitrogens with one attached hydrogen (secondary N) is 2. The van der Waals surface area contributed by atoms with Crippen molar-refractivity contribution in [2.45, 2.75) is 75.7 Å². The Morgan fingerprint density at radius 2 is 2.09 bits per heavy atom. The minimum atomic E-state index is -0.885. The highest BCUT2D eigenvalue weighted by Crippen LogP contribution is 2.46. The van der Waals surface area contributed by atoms with Crippen molar-refractivity contribution in [3.63, 3.8) is 0 Å². The molecule has 5 rings (SSSR count). The molecular formula is C23H28N4O5. The number of rotatable bonds is 4. The largest absolute Gasteiger partial charge is 0.444 e. The van der Waals surface area contributed by atoms with Gasteiger partial charge in [0.15, 0.2) is 0 Å². The summed E-state index contributed by atoms with van der Waals surface area (Å²) < 4.78 is 11.5. The predicted octanol–water partition coefficient (Wildman–Crippen LogP) is 2.30. The number of nitriles is 1. The first-order chi connectivity index (χ1) is 15.0.